The average Bonchev–Trinajstić information content (AvgIpc) is 2.29. The van der Waals surface area contributed by atoms with Crippen LogP contribution in [0.2, 0.25) is 0 Å². The first-order chi connectivity index (χ1) is 8.04. The molecular weight excluding hydrogens is 216 g/mol. The van der Waals surface area contributed by atoms with Gasteiger partial charge in [0.15, 0.2) is 0 Å². The van der Waals surface area contributed by atoms with Crippen LogP contribution in [0.5, 0.6) is 0 Å². The fraction of sp³-hybridized carbons (Fsp3) is 0.462. The fourth-order valence-electron chi connectivity index (χ4n) is 1.59. The molecule has 0 saturated carbocycles. The summed E-state index contributed by atoms with van der Waals surface area (Å²) >= 11 is 0. The van der Waals surface area contributed by atoms with Crippen molar-refractivity contribution in [3.8, 4) is 0 Å². The Hall–Kier alpha value is -1.39. The fourth-order valence-corrected chi connectivity index (χ4v) is 1.59. The molecule has 0 aliphatic heterocycles. The Morgan fingerprint density at radius 1 is 1.47 bits per heavy atom. The molecule has 17 heavy (non-hydrogen) atoms. The lowest BCUT2D eigenvalue weighted by molar-refractivity contribution is 0.1000. The molecule has 0 aliphatic carbocycles. The van der Waals surface area contributed by atoms with Crippen molar-refractivity contribution >= 4 is 5.91 Å². The van der Waals surface area contributed by atoms with Gasteiger partial charge in [0.25, 0.3) is 0 Å². The zero-order chi connectivity index (χ0) is 12.8. The number of aliphatic hydroxyl groups is 1. The number of nitrogens with two attached hydrogens (primary N) is 1. The first-order valence-electron chi connectivity index (χ1n) is 5.77. The topological polar surface area (TPSA) is 75.3 Å². The van der Waals surface area contributed by atoms with Crippen molar-refractivity contribution in [1.82, 2.24) is 5.32 Å². The van der Waals surface area contributed by atoms with Gasteiger partial charge in [-0.3, -0.25) is 4.79 Å². The lowest BCUT2D eigenvalue weighted by Gasteiger charge is -2.20. The number of primary amides is 1. The molecule has 1 amide bonds. The van der Waals surface area contributed by atoms with Crippen LogP contribution in [0.1, 0.15) is 29.8 Å². The number of carbonyl (C=O) groups excluding carboxylic acids is 1. The monoisotopic (exact) mass is 236 g/mol. The number of rotatable bonds is 6. The van der Waals surface area contributed by atoms with Crippen molar-refractivity contribution in [1.29, 1.82) is 0 Å². The van der Waals surface area contributed by atoms with Gasteiger partial charge in [-0.05, 0) is 23.6 Å². The Balaban J connectivity index is 2.62. The molecular formula is C13H20N2O2. The number of benzene rings is 1. The molecule has 0 aromatic heterocycles. The van der Waals surface area contributed by atoms with E-state index >= 15 is 0 Å². The van der Waals surface area contributed by atoms with E-state index in [2.05, 4.69) is 5.32 Å². The van der Waals surface area contributed by atoms with Gasteiger partial charge < -0.3 is 16.2 Å². The molecule has 0 fully saturated rings. The van der Waals surface area contributed by atoms with Gasteiger partial charge in [0.1, 0.15) is 0 Å². The van der Waals surface area contributed by atoms with E-state index in [9.17, 15) is 9.90 Å². The molecule has 0 spiro atoms. The Kier molecular flexibility index (Phi) is 5.12. The van der Waals surface area contributed by atoms with Crippen LogP contribution in [-0.4, -0.2) is 23.7 Å². The minimum Gasteiger partial charge on any atom is -0.395 e. The van der Waals surface area contributed by atoms with Gasteiger partial charge in [-0.2, -0.15) is 0 Å². The zero-order valence-corrected chi connectivity index (χ0v) is 10.3. The van der Waals surface area contributed by atoms with E-state index in [-0.39, 0.29) is 12.6 Å². The Labute approximate surface area is 102 Å². The molecule has 1 rings (SSSR count). The molecule has 0 aliphatic rings. The van der Waals surface area contributed by atoms with E-state index < -0.39 is 5.91 Å². The van der Waals surface area contributed by atoms with Crippen LogP contribution >= 0.6 is 0 Å². The number of nitrogens with one attached hydrogen (secondary N) is 1. The number of aliphatic hydroxyl groups excluding tert-OH is 1. The predicted octanol–water partition coefficient (Wildman–Crippen LogP) is 0.892. The summed E-state index contributed by atoms with van der Waals surface area (Å²) in [6.07, 6.45) is 0. The van der Waals surface area contributed by atoms with E-state index in [1.54, 1.807) is 18.2 Å². The second-order valence-corrected chi connectivity index (χ2v) is 4.48. The van der Waals surface area contributed by atoms with Crippen LogP contribution in [0.4, 0.5) is 0 Å². The van der Waals surface area contributed by atoms with E-state index in [1.165, 1.54) is 0 Å². The van der Waals surface area contributed by atoms with Gasteiger partial charge in [-0.1, -0.05) is 26.0 Å². The summed E-state index contributed by atoms with van der Waals surface area (Å²) in [6, 6.07) is 7.25. The van der Waals surface area contributed by atoms with E-state index in [0.717, 1.165) is 5.56 Å². The summed E-state index contributed by atoms with van der Waals surface area (Å²) < 4.78 is 0. The maximum atomic E-state index is 11.0. The molecule has 4 N–H and O–H groups in total. The summed E-state index contributed by atoms with van der Waals surface area (Å²) in [5.74, 6) is -0.0614. The van der Waals surface area contributed by atoms with Crippen molar-refractivity contribution < 1.29 is 9.90 Å². The standard InChI is InChI=1S/C13H20N2O2/c1-9(2)12(8-16)15-7-10-4-3-5-11(6-10)13(14)17/h3-6,9,12,15-16H,7-8H2,1-2H3,(H2,14,17). The molecule has 1 aromatic rings. The average molecular weight is 236 g/mol. The number of amides is 1. The van der Waals surface area contributed by atoms with Crippen LogP contribution < -0.4 is 11.1 Å². The van der Waals surface area contributed by atoms with Gasteiger partial charge in [0, 0.05) is 18.2 Å². The van der Waals surface area contributed by atoms with E-state index in [0.29, 0.717) is 18.0 Å². The van der Waals surface area contributed by atoms with Crippen LogP contribution in [0, 0.1) is 5.92 Å². The van der Waals surface area contributed by atoms with Crippen molar-refractivity contribution in [3.05, 3.63) is 35.4 Å². The summed E-state index contributed by atoms with van der Waals surface area (Å²) in [5.41, 5.74) is 6.71. The normalized spacial score (nSPS) is 12.7. The smallest absolute Gasteiger partial charge is 0.248 e. The molecule has 0 heterocycles. The minimum atomic E-state index is -0.422. The van der Waals surface area contributed by atoms with Crippen LogP contribution in [0.15, 0.2) is 24.3 Å². The van der Waals surface area contributed by atoms with Gasteiger partial charge in [-0.25, -0.2) is 0 Å². The molecule has 0 saturated heterocycles. The lowest BCUT2D eigenvalue weighted by Crippen LogP contribution is -2.36. The second-order valence-electron chi connectivity index (χ2n) is 4.48. The minimum absolute atomic E-state index is 0.0623. The molecule has 94 valence electrons. The molecule has 0 radical (unpaired) electrons. The third-order valence-corrected chi connectivity index (χ3v) is 2.78. The van der Waals surface area contributed by atoms with Gasteiger partial charge in [0.05, 0.1) is 6.61 Å². The van der Waals surface area contributed by atoms with Crippen LogP contribution in [-0.2, 0) is 6.54 Å². The van der Waals surface area contributed by atoms with Crippen molar-refractivity contribution in [2.75, 3.05) is 6.61 Å². The summed E-state index contributed by atoms with van der Waals surface area (Å²) in [6.45, 7) is 4.82. The first-order valence-corrected chi connectivity index (χ1v) is 5.77. The van der Waals surface area contributed by atoms with E-state index in [4.69, 9.17) is 5.73 Å². The molecule has 1 unspecified atom stereocenters. The van der Waals surface area contributed by atoms with E-state index in [1.807, 2.05) is 19.9 Å². The first kappa shape index (κ1) is 13.7. The SMILES string of the molecule is CC(C)C(CO)NCc1cccc(C(N)=O)c1. The maximum Gasteiger partial charge on any atom is 0.248 e. The number of carbonyl (C=O) groups is 1. The third kappa shape index (κ3) is 4.17. The van der Waals surface area contributed by atoms with Crippen molar-refractivity contribution in [2.45, 2.75) is 26.4 Å². The maximum absolute atomic E-state index is 11.0. The van der Waals surface area contributed by atoms with Crippen molar-refractivity contribution in [3.63, 3.8) is 0 Å². The lowest BCUT2D eigenvalue weighted by atomic mass is 10.0. The quantitative estimate of drug-likeness (QED) is 0.686. The number of hydrogen-bond donors (Lipinski definition) is 3. The summed E-state index contributed by atoms with van der Waals surface area (Å²) in [4.78, 5) is 11.0. The summed E-state index contributed by atoms with van der Waals surface area (Å²) in [5, 5.41) is 12.4. The molecule has 0 bridgehead atoms. The highest BCUT2D eigenvalue weighted by Gasteiger charge is 2.11. The Morgan fingerprint density at radius 3 is 2.71 bits per heavy atom. The highest BCUT2D eigenvalue weighted by molar-refractivity contribution is 5.92. The van der Waals surface area contributed by atoms with Gasteiger partial charge in [-0.15, -0.1) is 0 Å². The number of hydrogen-bond acceptors (Lipinski definition) is 3. The molecule has 4 nitrogen and oxygen atoms in total. The third-order valence-electron chi connectivity index (χ3n) is 2.78. The van der Waals surface area contributed by atoms with Gasteiger partial charge >= 0.3 is 0 Å². The molecule has 4 heteroatoms. The highest BCUT2D eigenvalue weighted by Crippen LogP contribution is 2.06. The molecule has 1 aromatic carbocycles. The second kappa shape index (κ2) is 6.37. The molecule has 1 atom stereocenters. The predicted molar refractivity (Wildman–Crippen MR) is 67.5 cm³/mol. The Morgan fingerprint density at radius 2 is 2.18 bits per heavy atom. The van der Waals surface area contributed by atoms with Gasteiger partial charge in [0.2, 0.25) is 5.91 Å². The zero-order valence-electron chi connectivity index (χ0n) is 10.3. The summed E-state index contributed by atoms with van der Waals surface area (Å²) in [7, 11) is 0. The van der Waals surface area contributed by atoms with Crippen molar-refractivity contribution in [2.24, 2.45) is 11.7 Å². The van der Waals surface area contributed by atoms with Crippen LogP contribution in [0.3, 0.4) is 0 Å². The van der Waals surface area contributed by atoms with Crippen LogP contribution in [0.25, 0.3) is 0 Å². The highest BCUT2D eigenvalue weighted by atomic mass is 16.3. The Bertz CT molecular complexity index is 377. The largest absolute Gasteiger partial charge is 0.395 e.